The number of carbonyl (C=O) groups is 1. The molecule has 1 aromatic carbocycles. The quantitative estimate of drug-likeness (QED) is 0.849. The SMILES string of the molecule is Cc1cccc(N)c1NC(=O)COc1cncc(Cl)c1. The zero-order valence-corrected chi connectivity index (χ0v) is 11.6. The molecule has 0 spiro atoms. The molecule has 1 amide bonds. The molecule has 1 heterocycles. The van der Waals surface area contributed by atoms with Crippen LogP contribution in [0.3, 0.4) is 0 Å². The highest BCUT2D eigenvalue weighted by molar-refractivity contribution is 6.30. The number of nitrogens with one attached hydrogen (secondary N) is 1. The molecule has 0 fully saturated rings. The number of aryl methyl sites for hydroxylation is 1. The lowest BCUT2D eigenvalue weighted by Crippen LogP contribution is -2.21. The van der Waals surface area contributed by atoms with Crippen LogP contribution in [0.5, 0.6) is 5.75 Å². The average molecular weight is 292 g/mol. The van der Waals surface area contributed by atoms with Crippen molar-refractivity contribution in [1.82, 2.24) is 4.98 Å². The molecule has 5 nitrogen and oxygen atoms in total. The third-order valence-corrected chi connectivity index (χ3v) is 2.83. The van der Waals surface area contributed by atoms with E-state index in [1.165, 1.54) is 12.4 Å². The maximum atomic E-state index is 11.8. The second-order valence-electron chi connectivity index (χ2n) is 4.21. The molecule has 20 heavy (non-hydrogen) atoms. The number of pyridine rings is 1. The van der Waals surface area contributed by atoms with Crippen LogP contribution < -0.4 is 15.8 Å². The van der Waals surface area contributed by atoms with E-state index in [9.17, 15) is 4.79 Å². The first kappa shape index (κ1) is 14.1. The first-order valence-electron chi connectivity index (χ1n) is 5.94. The highest BCUT2D eigenvalue weighted by atomic mass is 35.5. The summed E-state index contributed by atoms with van der Waals surface area (Å²) in [6.07, 6.45) is 2.98. The summed E-state index contributed by atoms with van der Waals surface area (Å²) in [5.74, 6) is 0.136. The van der Waals surface area contributed by atoms with Gasteiger partial charge in [-0.3, -0.25) is 9.78 Å². The van der Waals surface area contributed by atoms with Gasteiger partial charge in [-0.1, -0.05) is 23.7 Å². The Hall–Kier alpha value is -2.27. The molecular weight excluding hydrogens is 278 g/mol. The molecule has 0 aliphatic carbocycles. The van der Waals surface area contributed by atoms with Crippen LogP contribution in [0.2, 0.25) is 5.02 Å². The van der Waals surface area contributed by atoms with Gasteiger partial charge in [-0.15, -0.1) is 0 Å². The fraction of sp³-hybridized carbons (Fsp3) is 0.143. The van der Waals surface area contributed by atoms with Gasteiger partial charge < -0.3 is 15.8 Å². The highest BCUT2D eigenvalue weighted by Crippen LogP contribution is 2.22. The second kappa shape index (κ2) is 6.25. The van der Waals surface area contributed by atoms with Gasteiger partial charge in [-0.05, 0) is 18.6 Å². The number of nitrogen functional groups attached to an aromatic ring is 1. The van der Waals surface area contributed by atoms with Crippen molar-refractivity contribution in [2.24, 2.45) is 0 Å². The maximum Gasteiger partial charge on any atom is 0.262 e. The molecule has 0 unspecified atom stereocenters. The summed E-state index contributed by atoms with van der Waals surface area (Å²) < 4.78 is 5.30. The number of halogens is 1. The Labute approximate surface area is 121 Å². The van der Waals surface area contributed by atoms with E-state index in [-0.39, 0.29) is 12.5 Å². The van der Waals surface area contributed by atoms with Crippen LogP contribution in [0.25, 0.3) is 0 Å². The minimum atomic E-state index is -0.300. The van der Waals surface area contributed by atoms with Gasteiger partial charge in [-0.2, -0.15) is 0 Å². The lowest BCUT2D eigenvalue weighted by Gasteiger charge is -2.11. The molecular formula is C14H14ClN3O2. The minimum Gasteiger partial charge on any atom is -0.482 e. The Bertz CT molecular complexity index is 611. The molecule has 104 valence electrons. The first-order chi connectivity index (χ1) is 9.56. The Morgan fingerprint density at radius 1 is 1.45 bits per heavy atom. The number of ether oxygens (including phenoxy) is 1. The first-order valence-corrected chi connectivity index (χ1v) is 6.32. The monoisotopic (exact) mass is 291 g/mol. The number of benzene rings is 1. The Balaban J connectivity index is 1.96. The molecule has 0 saturated heterocycles. The van der Waals surface area contributed by atoms with Crippen LogP contribution in [0.1, 0.15) is 5.56 Å². The molecule has 0 radical (unpaired) electrons. The van der Waals surface area contributed by atoms with E-state index >= 15 is 0 Å². The van der Waals surface area contributed by atoms with Crippen LogP contribution in [0.15, 0.2) is 36.7 Å². The van der Waals surface area contributed by atoms with Gasteiger partial charge in [0.25, 0.3) is 5.91 Å². The summed E-state index contributed by atoms with van der Waals surface area (Å²) in [6.45, 7) is 1.73. The summed E-state index contributed by atoms with van der Waals surface area (Å²) in [4.78, 5) is 15.7. The van der Waals surface area contributed by atoms with E-state index < -0.39 is 0 Å². The number of carbonyl (C=O) groups excluding carboxylic acids is 1. The van der Waals surface area contributed by atoms with Crippen LogP contribution in [-0.4, -0.2) is 17.5 Å². The van der Waals surface area contributed by atoms with Gasteiger partial charge in [0.2, 0.25) is 0 Å². The smallest absolute Gasteiger partial charge is 0.262 e. The molecule has 2 rings (SSSR count). The Kier molecular flexibility index (Phi) is 4.42. The highest BCUT2D eigenvalue weighted by Gasteiger charge is 2.08. The van der Waals surface area contributed by atoms with Gasteiger partial charge in [-0.25, -0.2) is 0 Å². The number of nitrogens with two attached hydrogens (primary N) is 1. The third kappa shape index (κ3) is 3.61. The second-order valence-corrected chi connectivity index (χ2v) is 4.65. The van der Waals surface area contributed by atoms with E-state index in [1.807, 2.05) is 19.1 Å². The topological polar surface area (TPSA) is 77.2 Å². The zero-order chi connectivity index (χ0) is 14.5. The molecule has 6 heteroatoms. The number of hydrogen-bond acceptors (Lipinski definition) is 4. The summed E-state index contributed by atoms with van der Waals surface area (Å²) >= 11 is 5.77. The van der Waals surface area contributed by atoms with Gasteiger partial charge in [0.05, 0.1) is 22.6 Å². The summed E-state index contributed by atoms with van der Waals surface area (Å²) in [5.41, 5.74) is 7.82. The van der Waals surface area contributed by atoms with Crippen LogP contribution in [-0.2, 0) is 4.79 Å². The molecule has 0 aliphatic heterocycles. The van der Waals surface area contributed by atoms with E-state index in [2.05, 4.69) is 10.3 Å². The fourth-order valence-corrected chi connectivity index (χ4v) is 1.82. The molecule has 3 N–H and O–H groups in total. The number of hydrogen-bond donors (Lipinski definition) is 2. The average Bonchev–Trinajstić information content (AvgIpc) is 2.41. The number of nitrogens with zero attached hydrogens (tertiary/aromatic N) is 1. The van der Waals surface area contributed by atoms with E-state index in [0.29, 0.717) is 22.1 Å². The lowest BCUT2D eigenvalue weighted by atomic mass is 10.1. The number of anilines is 2. The Morgan fingerprint density at radius 3 is 2.95 bits per heavy atom. The van der Waals surface area contributed by atoms with E-state index in [0.717, 1.165) is 5.56 Å². The van der Waals surface area contributed by atoms with Crippen molar-refractivity contribution >= 4 is 28.9 Å². The third-order valence-electron chi connectivity index (χ3n) is 2.62. The van der Waals surface area contributed by atoms with Crippen molar-refractivity contribution in [2.45, 2.75) is 6.92 Å². The van der Waals surface area contributed by atoms with Crippen molar-refractivity contribution in [3.05, 3.63) is 47.2 Å². The van der Waals surface area contributed by atoms with Crippen molar-refractivity contribution < 1.29 is 9.53 Å². The van der Waals surface area contributed by atoms with Gasteiger partial charge in [0, 0.05) is 12.3 Å². The maximum absolute atomic E-state index is 11.8. The van der Waals surface area contributed by atoms with Crippen LogP contribution in [0.4, 0.5) is 11.4 Å². The van der Waals surface area contributed by atoms with Gasteiger partial charge in [0.15, 0.2) is 6.61 Å². The molecule has 0 saturated carbocycles. The largest absolute Gasteiger partial charge is 0.482 e. The molecule has 0 atom stereocenters. The van der Waals surface area contributed by atoms with Crippen molar-refractivity contribution in [3.63, 3.8) is 0 Å². The number of rotatable bonds is 4. The lowest BCUT2D eigenvalue weighted by molar-refractivity contribution is -0.118. The molecule has 2 aromatic rings. The molecule has 1 aromatic heterocycles. The predicted octanol–water partition coefficient (Wildman–Crippen LogP) is 2.64. The zero-order valence-electron chi connectivity index (χ0n) is 10.9. The summed E-state index contributed by atoms with van der Waals surface area (Å²) in [7, 11) is 0. The normalized spacial score (nSPS) is 10.1. The Morgan fingerprint density at radius 2 is 2.25 bits per heavy atom. The number of aromatic nitrogens is 1. The van der Waals surface area contributed by atoms with Crippen LogP contribution in [0, 0.1) is 6.92 Å². The van der Waals surface area contributed by atoms with E-state index in [4.69, 9.17) is 22.1 Å². The standard InChI is InChI=1S/C14H14ClN3O2/c1-9-3-2-4-12(16)14(9)18-13(19)8-20-11-5-10(15)6-17-7-11/h2-7H,8,16H2,1H3,(H,18,19). The van der Waals surface area contributed by atoms with E-state index in [1.54, 1.807) is 12.1 Å². The fourth-order valence-electron chi connectivity index (χ4n) is 1.66. The van der Waals surface area contributed by atoms with Gasteiger partial charge in [0.1, 0.15) is 5.75 Å². The predicted molar refractivity (Wildman–Crippen MR) is 79.0 cm³/mol. The summed E-state index contributed by atoms with van der Waals surface area (Å²) in [5, 5.41) is 3.17. The summed E-state index contributed by atoms with van der Waals surface area (Å²) in [6, 6.07) is 7.01. The van der Waals surface area contributed by atoms with Gasteiger partial charge >= 0.3 is 0 Å². The van der Waals surface area contributed by atoms with Crippen LogP contribution >= 0.6 is 11.6 Å². The molecule has 0 bridgehead atoms. The van der Waals surface area contributed by atoms with Crippen molar-refractivity contribution in [1.29, 1.82) is 0 Å². The number of para-hydroxylation sites is 1. The molecule has 0 aliphatic rings. The minimum absolute atomic E-state index is 0.143. The number of amides is 1. The van der Waals surface area contributed by atoms with Crippen molar-refractivity contribution in [3.8, 4) is 5.75 Å². The van der Waals surface area contributed by atoms with Crippen molar-refractivity contribution in [2.75, 3.05) is 17.7 Å².